The average Bonchev–Trinajstić information content (AvgIpc) is 2.00. The van der Waals surface area contributed by atoms with Crippen molar-refractivity contribution in [1.29, 1.82) is 0 Å². The van der Waals surface area contributed by atoms with Crippen molar-refractivity contribution in [2.24, 2.45) is 5.73 Å². The second-order valence-corrected chi connectivity index (χ2v) is 4.62. The van der Waals surface area contributed by atoms with Gasteiger partial charge in [0.15, 0.2) is 0 Å². The molecule has 0 aliphatic carbocycles. The van der Waals surface area contributed by atoms with Crippen LogP contribution in [-0.4, -0.2) is 12.1 Å². The first-order chi connectivity index (χ1) is 6.38. The van der Waals surface area contributed by atoms with E-state index in [1.807, 2.05) is 39.0 Å². The number of hydrogen-bond donors (Lipinski definition) is 1. The molecular weight excluding hydrogens is 198 g/mol. The minimum Gasteiger partial charge on any atom is -0.491 e. The fourth-order valence-corrected chi connectivity index (χ4v) is 1.27. The molecule has 78 valence electrons. The Balaban J connectivity index is 2.68. The quantitative estimate of drug-likeness (QED) is 0.838. The molecule has 0 aliphatic heterocycles. The number of rotatable bonds is 3. The van der Waals surface area contributed by atoms with Gasteiger partial charge in [-0.05, 0) is 44.5 Å². The Kier molecular flexibility index (Phi) is 3.40. The summed E-state index contributed by atoms with van der Waals surface area (Å²) < 4.78 is 5.57. The first kappa shape index (κ1) is 11.3. The van der Waals surface area contributed by atoms with Gasteiger partial charge in [-0.2, -0.15) is 0 Å². The zero-order chi connectivity index (χ0) is 10.8. The SMILES string of the molecule is Cc1cc(Cl)ccc1OCC(C)(C)N. The predicted octanol–water partition coefficient (Wildman–Crippen LogP) is 2.76. The molecule has 1 aromatic carbocycles. The van der Waals surface area contributed by atoms with Crippen LogP contribution in [0.1, 0.15) is 19.4 Å². The highest BCUT2D eigenvalue weighted by Gasteiger charge is 2.12. The maximum absolute atomic E-state index is 5.83. The molecule has 0 spiro atoms. The monoisotopic (exact) mass is 213 g/mol. The molecule has 0 aromatic heterocycles. The summed E-state index contributed by atoms with van der Waals surface area (Å²) in [6.07, 6.45) is 0. The van der Waals surface area contributed by atoms with Crippen LogP contribution in [-0.2, 0) is 0 Å². The Morgan fingerprint density at radius 2 is 2.07 bits per heavy atom. The molecule has 1 rings (SSSR count). The summed E-state index contributed by atoms with van der Waals surface area (Å²) in [5.74, 6) is 0.841. The third kappa shape index (κ3) is 3.56. The second-order valence-electron chi connectivity index (χ2n) is 4.19. The van der Waals surface area contributed by atoms with E-state index in [0.29, 0.717) is 6.61 Å². The summed E-state index contributed by atoms with van der Waals surface area (Å²) in [5.41, 5.74) is 6.53. The van der Waals surface area contributed by atoms with E-state index < -0.39 is 0 Å². The summed E-state index contributed by atoms with van der Waals surface area (Å²) in [5, 5.41) is 0.724. The Morgan fingerprint density at radius 1 is 1.43 bits per heavy atom. The predicted molar refractivity (Wildman–Crippen MR) is 60.0 cm³/mol. The van der Waals surface area contributed by atoms with Gasteiger partial charge in [-0.15, -0.1) is 0 Å². The molecule has 0 aliphatic rings. The maximum Gasteiger partial charge on any atom is 0.122 e. The third-order valence-corrected chi connectivity index (χ3v) is 1.97. The van der Waals surface area contributed by atoms with Crippen molar-refractivity contribution in [2.45, 2.75) is 26.3 Å². The molecule has 3 heteroatoms. The van der Waals surface area contributed by atoms with Crippen LogP contribution in [0, 0.1) is 6.92 Å². The molecule has 0 fully saturated rings. The van der Waals surface area contributed by atoms with Crippen molar-refractivity contribution in [2.75, 3.05) is 6.61 Å². The average molecular weight is 214 g/mol. The summed E-state index contributed by atoms with van der Waals surface area (Å²) >= 11 is 5.83. The molecule has 0 unspecified atom stereocenters. The highest BCUT2D eigenvalue weighted by molar-refractivity contribution is 6.30. The number of benzene rings is 1. The Hall–Kier alpha value is -0.730. The number of aryl methyl sites for hydroxylation is 1. The van der Waals surface area contributed by atoms with Crippen LogP contribution < -0.4 is 10.5 Å². The first-order valence-corrected chi connectivity index (χ1v) is 4.94. The van der Waals surface area contributed by atoms with Crippen LogP contribution in [0.4, 0.5) is 0 Å². The van der Waals surface area contributed by atoms with Gasteiger partial charge in [0.1, 0.15) is 12.4 Å². The van der Waals surface area contributed by atoms with Gasteiger partial charge in [-0.3, -0.25) is 0 Å². The lowest BCUT2D eigenvalue weighted by Gasteiger charge is -2.19. The summed E-state index contributed by atoms with van der Waals surface area (Å²) in [7, 11) is 0. The Morgan fingerprint density at radius 3 is 2.57 bits per heavy atom. The van der Waals surface area contributed by atoms with Gasteiger partial charge in [-0.1, -0.05) is 11.6 Å². The van der Waals surface area contributed by atoms with Crippen molar-refractivity contribution in [3.63, 3.8) is 0 Å². The molecule has 1 aromatic rings. The minimum atomic E-state index is -0.313. The Labute approximate surface area is 90.0 Å². The zero-order valence-corrected chi connectivity index (χ0v) is 9.56. The van der Waals surface area contributed by atoms with Crippen LogP contribution in [0.25, 0.3) is 0 Å². The molecular formula is C11H16ClNO. The molecule has 0 saturated heterocycles. The standard InChI is InChI=1S/C11H16ClNO/c1-8-6-9(12)4-5-10(8)14-7-11(2,3)13/h4-6H,7,13H2,1-3H3. The van der Waals surface area contributed by atoms with E-state index in [0.717, 1.165) is 16.3 Å². The topological polar surface area (TPSA) is 35.2 Å². The van der Waals surface area contributed by atoms with Gasteiger partial charge in [0, 0.05) is 10.6 Å². The van der Waals surface area contributed by atoms with E-state index >= 15 is 0 Å². The molecule has 0 bridgehead atoms. The smallest absolute Gasteiger partial charge is 0.122 e. The van der Waals surface area contributed by atoms with Gasteiger partial charge >= 0.3 is 0 Å². The van der Waals surface area contributed by atoms with Crippen molar-refractivity contribution < 1.29 is 4.74 Å². The number of halogens is 1. The number of nitrogens with two attached hydrogens (primary N) is 1. The molecule has 0 radical (unpaired) electrons. The normalized spacial score (nSPS) is 11.5. The van der Waals surface area contributed by atoms with Crippen LogP contribution in [0.5, 0.6) is 5.75 Å². The molecule has 14 heavy (non-hydrogen) atoms. The molecule has 2 nitrogen and oxygen atoms in total. The molecule has 0 saturated carbocycles. The van der Waals surface area contributed by atoms with Crippen molar-refractivity contribution in [1.82, 2.24) is 0 Å². The lowest BCUT2D eigenvalue weighted by atomic mass is 10.1. The number of hydrogen-bond acceptors (Lipinski definition) is 2. The van der Waals surface area contributed by atoms with Gasteiger partial charge in [0.2, 0.25) is 0 Å². The van der Waals surface area contributed by atoms with Crippen molar-refractivity contribution >= 4 is 11.6 Å². The van der Waals surface area contributed by atoms with Gasteiger partial charge in [0.25, 0.3) is 0 Å². The van der Waals surface area contributed by atoms with Gasteiger partial charge < -0.3 is 10.5 Å². The van der Waals surface area contributed by atoms with Crippen LogP contribution >= 0.6 is 11.6 Å². The van der Waals surface area contributed by atoms with Crippen molar-refractivity contribution in [3.8, 4) is 5.75 Å². The van der Waals surface area contributed by atoms with E-state index in [1.165, 1.54) is 0 Å². The second kappa shape index (κ2) is 4.20. The summed E-state index contributed by atoms with van der Waals surface area (Å²) in [6, 6.07) is 5.55. The van der Waals surface area contributed by atoms with Crippen LogP contribution in [0.2, 0.25) is 5.02 Å². The molecule has 2 N–H and O–H groups in total. The lowest BCUT2D eigenvalue weighted by molar-refractivity contribution is 0.242. The Bertz CT molecular complexity index is 318. The van der Waals surface area contributed by atoms with Crippen LogP contribution in [0.15, 0.2) is 18.2 Å². The van der Waals surface area contributed by atoms with Gasteiger partial charge in [-0.25, -0.2) is 0 Å². The van der Waals surface area contributed by atoms with E-state index in [2.05, 4.69) is 0 Å². The van der Waals surface area contributed by atoms with E-state index in [9.17, 15) is 0 Å². The number of ether oxygens (including phenoxy) is 1. The highest BCUT2D eigenvalue weighted by atomic mass is 35.5. The maximum atomic E-state index is 5.83. The fraction of sp³-hybridized carbons (Fsp3) is 0.455. The minimum absolute atomic E-state index is 0.313. The summed E-state index contributed by atoms with van der Waals surface area (Å²) in [6.45, 7) is 6.32. The molecule has 0 amide bonds. The fourth-order valence-electron chi connectivity index (χ4n) is 1.04. The molecule has 0 atom stereocenters. The van der Waals surface area contributed by atoms with Crippen LogP contribution in [0.3, 0.4) is 0 Å². The lowest BCUT2D eigenvalue weighted by Crippen LogP contribution is -2.38. The third-order valence-electron chi connectivity index (χ3n) is 1.74. The first-order valence-electron chi connectivity index (χ1n) is 4.56. The highest BCUT2D eigenvalue weighted by Crippen LogP contribution is 2.22. The largest absolute Gasteiger partial charge is 0.491 e. The molecule has 0 heterocycles. The van der Waals surface area contributed by atoms with E-state index in [-0.39, 0.29) is 5.54 Å². The van der Waals surface area contributed by atoms with Crippen molar-refractivity contribution in [3.05, 3.63) is 28.8 Å². The zero-order valence-electron chi connectivity index (χ0n) is 8.80. The van der Waals surface area contributed by atoms with Gasteiger partial charge in [0.05, 0.1) is 0 Å². The van der Waals surface area contributed by atoms with E-state index in [1.54, 1.807) is 0 Å². The summed E-state index contributed by atoms with van der Waals surface area (Å²) in [4.78, 5) is 0. The van der Waals surface area contributed by atoms with E-state index in [4.69, 9.17) is 22.1 Å².